The zero-order valence-corrected chi connectivity index (χ0v) is 16.9. The van der Waals surface area contributed by atoms with Gasteiger partial charge in [-0.3, -0.25) is 4.79 Å². The topological polar surface area (TPSA) is 78.9 Å². The normalized spacial score (nSPS) is 19.4. The predicted molar refractivity (Wildman–Crippen MR) is 111 cm³/mol. The molecule has 0 unspecified atom stereocenters. The first-order valence-corrected chi connectivity index (χ1v) is 9.95. The summed E-state index contributed by atoms with van der Waals surface area (Å²) in [5, 5.41) is 12.5. The molecule has 3 rings (SSSR count). The van der Waals surface area contributed by atoms with Crippen molar-refractivity contribution in [3.8, 4) is 0 Å². The lowest BCUT2D eigenvalue weighted by molar-refractivity contribution is 0.0107. The second-order valence-electron chi connectivity index (χ2n) is 7.66. The fourth-order valence-electron chi connectivity index (χ4n) is 3.78. The van der Waals surface area contributed by atoms with Gasteiger partial charge in [-0.25, -0.2) is 4.79 Å². The van der Waals surface area contributed by atoms with E-state index in [9.17, 15) is 14.7 Å². The van der Waals surface area contributed by atoms with Gasteiger partial charge in [0.2, 0.25) is 0 Å². The van der Waals surface area contributed by atoms with E-state index in [0.29, 0.717) is 31.6 Å². The van der Waals surface area contributed by atoms with Crippen molar-refractivity contribution in [2.45, 2.75) is 45.4 Å². The molecule has 6 heteroatoms. The maximum absolute atomic E-state index is 12.9. The molecular weight excluding hydrogens is 368 g/mol. The maximum Gasteiger partial charge on any atom is 0.407 e. The molecule has 0 radical (unpaired) electrons. The maximum atomic E-state index is 12.9. The summed E-state index contributed by atoms with van der Waals surface area (Å²) in [6, 6.07) is 15.1. The van der Waals surface area contributed by atoms with Crippen LogP contribution >= 0.6 is 0 Å². The minimum absolute atomic E-state index is 0.206. The van der Waals surface area contributed by atoms with E-state index < -0.39 is 12.1 Å². The van der Waals surface area contributed by atoms with Gasteiger partial charge in [-0.2, -0.15) is 0 Å². The lowest BCUT2D eigenvalue weighted by Crippen LogP contribution is -2.50. The molecule has 2 N–H and O–H groups in total. The second kappa shape index (κ2) is 9.56. The van der Waals surface area contributed by atoms with Crippen LogP contribution in [0, 0.1) is 13.8 Å². The van der Waals surface area contributed by atoms with Gasteiger partial charge in [0.15, 0.2) is 0 Å². The number of nitrogens with zero attached hydrogens (tertiary/aromatic N) is 1. The third-order valence-electron chi connectivity index (χ3n) is 5.16. The highest BCUT2D eigenvalue weighted by Gasteiger charge is 2.31. The van der Waals surface area contributed by atoms with Crippen LogP contribution in [-0.2, 0) is 11.3 Å². The molecular formula is C23H28N2O4. The zero-order valence-electron chi connectivity index (χ0n) is 16.9. The molecule has 2 aromatic rings. The Morgan fingerprint density at radius 2 is 1.83 bits per heavy atom. The molecule has 29 heavy (non-hydrogen) atoms. The minimum atomic E-state index is -0.973. The molecule has 0 saturated carbocycles. The molecule has 1 fully saturated rings. The smallest absolute Gasteiger partial charge is 0.407 e. The van der Waals surface area contributed by atoms with Crippen molar-refractivity contribution in [3.05, 3.63) is 70.8 Å². The van der Waals surface area contributed by atoms with E-state index in [2.05, 4.69) is 5.32 Å². The number of rotatable bonds is 5. The number of amides is 2. The monoisotopic (exact) mass is 396 g/mol. The Bertz CT molecular complexity index is 833. The number of likely N-dealkylation sites (tertiary alicyclic amines) is 1. The van der Waals surface area contributed by atoms with Crippen LogP contribution in [0.25, 0.3) is 0 Å². The Balaban J connectivity index is 1.75. The molecule has 0 aromatic heterocycles. The Kier molecular flexibility index (Phi) is 6.88. The van der Waals surface area contributed by atoms with Crippen LogP contribution in [0.5, 0.6) is 0 Å². The highest BCUT2D eigenvalue weighted by atomic mass is 16.5. The fraction of sp³-hybridized carbons (Fsp3) is 0.391. The molecule has 2 amide bonds. The quantitative estimate of drug-likeness (QED) is 0.807. The minimum Gasteiger partial charge on any atom is -0.465 e. The first-order valence-electron chi connectivity index (χ1n) is 9.95. The largest absolute Gasteiger partial charge is 0.465 e. The Morgan fingerprint density at radius 3 is 2.48 bits per heavy atom. The van der Waals surface area contributed by atoms with E-state index in [4.69, 9.17) is 4.74 Å². The Hall–Kier alpha value is -2.86. The summed E-state index contributed by atoms with van der Waals surface area (Å²) < 4.78 is 6.14. The standard InChI is InChI=1S/C23H28N2O4/c1-16-11-17(2)13-19(12-16)22(26)24-20-14-25(23(27)28)10-6-9-21(20)29-15-18-7-4-3-5-8-18/h3-5,7-8,11-13,20-21H,6,9-10,14-15H2,1-2H3,(H,24,26)(H,27,28)/t20-,21-/m1/s1. The van der Waals surface area contributed by atoms with Gasteiger partial charge in [-0.1, -0.05) is 47.5 Å². The molecule has 1 aliphatic heterocycles. The average molecular weight is 396 g/mol. The van der Waals surface area contributed by atoms with Gasteiger partial charge >= 0.3 is 6.09 Å². The van der Waals surface area contributed by atoms with Crippen molar-refractivity contribution in [1.29, 1.82) is 0 Å². The van der Waals surface area contributed by atoms with Crippen molar-refractivity contribution in [2.75, 3.05) is 13.1 Å². The van der Waals surface area contributed by atoms with E-state index in [1.165, 1.54) is 4.90 Å². The molecule has 2 aromatic carbocycles. The zero-order chi connectivity index (χ0) is 20.8. The first-order chi connectivity index (χ1) is 13.9. The highest BCUT2D eigenvalue weighted by Crippen LogP contribution is 2.18. The lowest BCUT2D eigenvalue weighted by Gasteiger charge is -2.28. The number of carbonyl (C=O) groups is 2. The summed E-state index contributed by atoms with van der Waals surface area (Å²) in [6.07, 6.45) is 0.157. The number of aryl methyl sites for hydroxylation is 2. The average Bonchev–Trinajstić information content (AvgIpc) is 2.89. The van der Waals surface area contributed by atoms with Crippen LogP contribution in [0.1, 0.15) is 39.9 Å². The molecule has 2 atom stereocenters. The Labute approximate surface area is 171 Å². The molecule has 0 bridgehead atoms. The van der Waals surface area contributed by atoms with Crippen LogP contribution in [0.4, 0.5) is 4.79 Å². The van der Waals surface area contributed by atoms with E-state index in [1.807, 2.05) is 62.4 Å². The summed E-state index contributed by atoms with van der Waals surface area (Å²) in [4.78, 5) is 25.8. The number of carbonyl (C=O) groups excluding carboxylic acids is 1. The van der Waals surface area contributed by atoms with E-state index in [0.717, 1.165) is 16.7 Å². The van der Waals surface area contributed by atoms with Crippen LogP contribution in [-0.4, -0.2) is 47.2 Å². The van der Waals surface area contributed by atoms with Gasteiger partial charge in [0, 0.05) is 18.7 Å². The number of nitrogens with one attached hydrogen (secondary N) is 1. The third kappa shape index (κ3) is 5.81. The highest BCUT2D eigenvalue weighted by molar-refractivity contribution is 5.94. The summed E-state index contributed by atoms with van der Waals surface area (Å²) in [6.45, 7) is 4.98. The van der Waals surface area contributed by atoms with Crippen molar-refractivity contribution in [3.63, 3.8) is 0 Å². The fourth-order valence-corrected chi connectivity index (χ4v) is 3.78. The summed E-state index contributed by atoms with van der Waals surface area (Å²) in [5.74, 6) is -0.206. The number of hydrogen-bond acceptors (Lipinski definition) is 3. The number of carboxylic acid groups (broad SMARTS) is 1. The second-order valence-corrected chi connectivity index (χ2v) is 7.66. The van der Waals surface area contributed by atoms with Crippen LogP contribution in [0.3, 0.4) is 0 Å². The van der Waals surface area contributed by atoms with E-state index >= 15 is 0 Å². The summed E-state index contributed by atoms with van der Waals surface area (Å²) >= 11 is 0. The molecule has 0 spiro atoms. The number of hydrogen-bond donors (Lipinski definition) is 2. The van der Waals surface area contributed by atoms with Crippen LogP contribution in [0.2, 0.25) is 0 Å². The van der Waals surface area contributed by atoms with Crippen molar-refractivity contribution in [2.24, 2.45) is 0 Å². The first kappa shape index (κ1) is 20.9. The van der Waals surface area contributed by atoms with Gasteiger partial charge in [-0.05, 0) is 44.4 Å². The molecule has 1 heterocycles. The number of ether oxygens (including phenoxy) is 1. The summed E-state index contributed by atoms with van der Waals surface area (Å²) in [7, 11) is 0. The van der Waals surface area contributed by atoms with Gasteiger partial charge < -0.3 is 20.1 Å². The van der Waals surface area contributed by atoms with Crippen molar-refractivity contribution < 1.29 is 19.4 Å². The number of benzene rings is 2. The van der Waals surface area contributed by atoms with Gasteiger partial charge in [-0.15, -0.1) is 0 Å². The SMILES string of the molecule is Cc1cc(C)cc(C(=O)N[C@@H]2CN(C(=O)O)CCC[C@H]2OCc2ccccc2)c1. The van der Waals surface area contributed by atoms with Gasteiger partial charge in [0.1, 0.15) is 0 Å². The van der Waals surface area contributed by atoms with Crippen LogP contribution in [0.15, 0.2) is 48.5 Å². The van der Waals surface area contributed by atoms with E-state index in [-0.39, 0.29) is 18.6 Å². The Morgan fingerprint density at radius 1 is 1.14 bits per heavy atom. The molecule has 0 aliphatic carbocycles. The van der Waals surface area contributed by atoms with E-state index in [1.54, 1.807) is 0 Å². The molecule has 6 nitrogen and oxygen atoms in total. The third-order valence-corrected chi connectivity index (χ3v) is 5.16. The lowest BCUT2D eigenvalue weighted by atomic mass is 10.0. The molecule has 1 saturated heterocycles. The van der Waals surface area contributed by atoms with Crippen LogP contribution < -0.4 is 5.32 Å². The molecule has 1 aliphatic rings. The van der Waals surface area contributed by atoms with Crippen molar-refractivity contribution >= 4 is 12.0 Å². The van der Waals surface area contributed by atoms with Gasteiger partial charge in [0.25, 0.3) is 5.91 Å². The molecule has 154 valence electrons. The van der Waals surface area contributed by atoms with Crippen molar-refractivity contribution in [1.82, 2.24) is 10.2 Å². The summed E-state index contributed by atoms with van der Waals surface area (Å²) in [5.41, 5.74) is 3.65. The predicted octanol–water partition coefficient (Wildman–Crippen LogP) is 3.76. The van der Waals surface area contributed by atoms with Gasteiger partial charge in [0.05, 0.1) is 18.8 Å².